The van der Waals surface area contributed by atoms with E-state index in [9.17, 15) is 14.4 Å². The molecule has 20 heavy (non-hydrogen) atoms. The molecule has 2 saturated heterocycles. The molecule has 0 aromatic rings. The third-order valence-electron chi connectivity index (χ3n) is 4.20. The summed E-state index contributed by atoms with van der Waals surface area (Å²) in [6.45, 7) is 0.629. The fourth-order valence-corrected chi connectivity index (χ4v) is 4.06. The summed E-state index contributed by atoms with van der Waals surface area (Å²) in [6, 6.07) is -1.19. The molecular formula is C13H18N2O4S. The van der Waals surface area contributed by atoms with Gasteiger partial charge in [-0.3, -0.25) is 9.59 Å². The molecule has 3 rings (SSSR count). The van der Waals surface area contributed by atoms with Crippen LogP contribution in [0.3, 0.4) is 0 Å². The molecule has 0 bridgehead atoms. The maximum absolute atomic E-state index is 12.6. The van der Waals surface area contributed by atoms with Crippen molar-refractivity contribution in [3.05, 3.63) is 0 Å². The highest BCUT2D eigenvalue weighted by atomic mass is 32.2. The lowest BCUT2D eigenvalue weighted by Crippen LogP contribution is -2.51. The van der Waals surface area contributed by atoms with Gasteiger partial charge in [0, 0.05) is 18.2 Å². The molecule has 0 spiro atoms. The van der Waals surface area contributed by atoms with Gasteiger partial charge >= 0.3 is 5.97 Å². The lowest BCUT2D eigenvalue weighted by Gasteiger charge is -2.29. The number of likely N-dealkylation sites (tertiary alicyclic amines) is 1. The van der Waals surface area contributed by atoms with E-state index in [1.165, 1.54) is 16.7 Å². The zero-order chi connectivity index (χ0) is 14.3. The Bertz CT molecular complexity index is 452. The molecule has 2 atom stereocenters. The average molecular weight is 298 g/mol. The van der Waals surface area contributed by atoms with Gasteiger partial charge in [0.2, 0.25) is 11.8 Å². The van der Waals surface area contributed by atoms with Crippen molar-refractivity contribution in [3.8, 4) is 0 Å². The Morgan fingerprint density at radius 3 is 2.40 bits per heavy atom. The van der Waals surface area contributed by atoms with E-state index >= 15 is 0 Å². The summed E-state index contributed by atoms with van der Waals surface area (Å²) in [7, 11) is 0. The molecule has 0 aromatic carbocycles. The third-order valence-corrected chi connectivity index (χ3v) is 5.21. The van der Waals surface area contributed by atoms with E-state index in [1.807, 2.05) is 0 Å². The van der Waals surface area contributed by atoms with E-state index in [0.717, 1.165) is 19.3 Å². The number of carboxylic acids is 1. The monoisotopic (exact) mass is 298 g/mol. The topological polar surface area (TPSA) is 77.9 Å². The van der Waals surface area contributed by atoms with E-state index in [0.29, 0.717) is 24.6 Å². The number of amides is 2. The number of aliphatic carboxylic acids is 1. The Hall–Kier alpha value is -1.24. The normalized spacial score (nSPS) is 29.8. The zero-order valence-electron chi connectivity index (χ0n) is 11.2. The predicted octanol–water partition coefficient (Wildman–Crippen LogP) is 0.373. The van der Waals surface area contributed by atoms with Gasteiger partial charge in [0.05, 0.1) is 5.88 Å². The van der Waals surface area contributed by atoms with Gasteiger partial charge in [-0.2, -0.15) is 0 Å². The van der Waals surface area contributed by atoms with Crippen molar-refractivity contribution < 1.29 is 19.5 Å². The molecule has 3 aliphatic rings. The molecule has 0 radical (unpaired) electrons. The minimum atomic E-state index is -0.957. The summed E-state index contributed by atoms with van der Waals surface area (Å²) in [4.78, 5) is 39.0. The molecule has 1 unspecified atom stereocenters. The van der Waals surface area contributed by atoms with E-state index in [1.54, 1.807) is 4.90 Å². The highest BCUT2D eigenvalue weighted by molar-refractivity contribution is 7.99. The minimum absolute atomic E-state index is 0.0829. The van der Waals surface area contributed by atoms with Crippen molar-refractivity contribution in [1.82, 2.24) is 9.80 Å². The van der Waals surface area contributed by atoms with Crippen molar-refractivity contribution in [2.75, 3.05) is 18.2 Å². The first kappa shape index (κ1) is 13.7. The van der Waals surface area contributed by atoms with Crippen LogP contribution in [0.1, 0.15) is 25.7 Å². The predicted molar refractivity (Wildman–Crippen MR) is 73.1 cm³/mol. The molecule has 3 fully saturated rings. The summed E-state index contributed by atoms with van der Waals surface area (Å²) in [5, 5.41) is 9.16. The van der Waals surface area contributed by atoms with E-state index in [2.05, 4.69) is 0 Å². The summed E-state index contributed by atoms with van der Waals surface area (Å²) < 4.78 is 0. The Morgan fingerprint density at radius 2 is 1.75 bits per heavy atom. The zero-order valence-corrected chi connectivity index (χ0v) is 12.0. The number of thioether (sulfide) groups is 1. The molecule has 1 saturated carbocycles. The van der Waals surface area contributed by atoms with Gasteiger partial charge in [0.15, 0.2) is 0 Å². The Balaban J connectivity index is 1.72. The number of hydrogen-bond donors (Lipinski definition) is 1. The summed E-state index contributed by atoms with van der Waals surface area (Å²) >= 11 is 1.45. The van der Waals surface area contributed by atoms with Crippen LogP contribution in [0.15, 0.2) is 0 Å². The van der Waals surface area contributed by atoms with Crippen LogP contribution in [0, 0.1) is 5.92 Å². The van der Waals surface area contributed by atoms with Crippen LogP contribution in [0.25, 0.3) is 0 Å². The van der Waals surface area contributed by atoms with Crippen molar-refractivity contribution in [1.29, 1.82) is 0 Å². The third kappa shape index (κ3) is 2.39. The second-order valence-electron chi connectivity index (χ2n) is 5.63. The molecule has 2 amide bonds. The van der Waals surface area contributed by atoms with Gasteiger partial charge in [0.1, 0.15) is 12.1 Å². The molecule has 1 N–H and O–H groups in total. The van der Waals surface area contributed by atoms with Gasteiger partial charge in [-0.15, -0.1) is 11.8 Å². The fraction of sp³-hybridized carbons (Fsp3) is 0.769. The molecule has 0 aromatic heterocycles. The lowest BCUT2D eigenvalue weighted by molar-refractivity contribution is -0.151. The first-order chi connectivity index (χ1) is 9.59. The Kier molecular flexibility index (Phi) is 3.62. The van der Waals surface area contributed by atoms with Crippen molar-refractivity contribution in [2.24, 2.45) is 5.92 Å². The first-order valence-corrected chi connectivity index (χ1v) is 8.16. The van der Waals surface area contributed by atoms with Crippen LogP contribution >= 0.6 is 11.8 Å². The van der Waals surface area contributed by atoms with Gasteiger partial charge in [-0.1, -0.05) is 0 Å². The molecule has 6 nitrogen and oxygen atoms in total. The van der Waals surface area contributed by atoms with Gasteiger partial charge in [-0.05, 0) is 25.7 Å². The van der Waals surface area contributed by atoms with Crippen LogP contribution in [0.4, 0.5) is 0 Å². The maximum Gasteiger partial charge on any atom is 0.327 e. The second kappa shape index (κ2) is 5.27. The summed E-state index contributed by atoms with van der Waals surface area (Å²) in [6.07, 6.45) is 3.33. The number of carbonyl (C=O) groups is 3. The molecule has 7 heteroatoms. The van der Waals surface area contributed by atoms with E-state index < -0.39 is 18.1 Å². The van der Waals surface area contributed by atoms with Crippen LogP contribution < -0.4 is 0 Å². The second-order valence-corrected chi connectivity index (χ2v) is 6.63. The number of carbonyl (C=O) groups excluding carboxylic acids is 2. The average Bonchev–Trinajstić information content (AvgIpc) is 2.97. The SMILES string of the molecule is O=C(O)[C@@H]1CSCN1C(=O)C1CCCN1C(=O)C1CC1. The number of nitrogens with zero attached hydrogens (tertiary/aromatic N) is 2. The van der Waals surface area contributed by atoms with Gasteiger partial charge < -0.3 is 14.9 Å². The quantitative estimate of drug-likeness (QED) is 0.814. The van der Waals surface area contributed by atoms with Crippen molar-refractivity contribution in [3.63, 3.8) is 0 Å². The van der Waals surface area contributed by atoms with Gasteiger partial charge in [0.25, 0.3) is 0 Å². The summed E-state index contributed by atoms with van der Waals surface area (Å²) in [5.41, 5.74) is 0. The van der Waals surface area contributed by atoms with Crippen LogP contribution in [-0.4, -0.2) is 62.9 Å². The number of rotatable bonds is 3. The Labute approximate surface area is 121 Å². The van der Waals surface area contributed by atoms with Gasteiger partial charge in [-0.25, -0.2) is 4.79 Å². The highest BCUT2D eigenvalue weighted by Gasteiger charge is 2.45. The van der Waals surface area contributed by atoms with Crippen molar-refractivity contribution in [2.45, 2.75) is 37.8 Å². The van der Waals surface area contributed by atoms with Crippen LogP contribution in [0.5, 0.6) is 0 Å². The van der Waals surface area contributed by atoms with E-state index in [4.69, 9.17) is 5.11 Å². The number of hydrogen-bond acceptors (Lipinski definition) is 4. The molecule has 2 aliphatic heterocycles. The fourth-order valence-electron chi connectivity index (χ4n) is 2.91. The molecule has 2 heterocycles. The standard InChI is InChI=1S/C13H18N2O4S/c16-11(8-3-4-8)14-5-1-2-9(14)12(17)15-7-20-6-10(15)13(18)19/h8-10H,1-7H2,(H,18,19)/t9?,10-/m0/s1. The lowest BCUT2D eigenvalue weighted by atomic mass is 10.1. The largest absolute Gasteiger partial charge is 0.480 e. The van der Waals surface area contributed by atoms with Crippen LogP contribution in [-0.2, 0) is 14.4 Å². The molecule has 1 aliphatic carbocycles. The van der Waals surface area contributed by atoms with Crippen LogP contribution in [0.2, 0.25) is 0 Å². The summed E-state index contributed by atoms with van der Waals surface area (Å²) in [5.74, 6) is -0.108. The first-order valence-electron chi connectivity index (χ1n) is 7.01. The number of carboxylic acid groups (broad SMARTS) is 1. The highest BCUT2D eigenvalue weighted by Crippen LogP contribution is 2.34. The smallest absolute Gasteiger partial charge is 0.327 e. The molecule has 110 valence electrons. The van der Waals surface area contributed by atoms with E-state index in [-0.39, 0.29) is 17.7 Å². The Morgan fingerprint density at radius 1 is 1.00 bits per heavy atom. The van der Waals surface area contributed by atoms with Crippen molar-refractivity contribution >= 4 is 29.5 Å². The minimum Gasteiger partial charge on any atom is -0.480 e. The maximum atomic E-state index is 12.6. The molecular weight excluding hydrogens is 280 g/mol.